The lowest BCUT2D eigenvalue weighted by Crippen LogP contribution is -2.29. The zero-order valence-corrected chi connectivity index (χ0v) is 47.6. The van der Waals surface area contributed by atoms with Gasteiger partial charge in [-0.25, -0.2) is 0 Å². The van der Waals surface area contributed by atoms with Crippen LogP contribution in [0.2, 0.25) is 0 Å². The van der Waals surface area contributed by atoms with Crippen molar-refractivity contribution in [3.8, 4) is 22.3 Å². The van der Waals surface area contributed by atoms with Crippen molar-refractivity contribution in [3.05, 3.63) is 358 Å². The summed E-state index contributed by atoms with van der Waals surface area (Å²) in [6, 6.07) is 110. The monoisotopic (exact) mass is 1070 g/mol. The molecule has 0 N–H and O–H groups in total. The Morgan fingerprint density at radius 1 is 0.250 bits per heavy atom. The Hall–Kier alpha value is -10.3. The molecule has 14 aromatic rings. The Kier molecular flexibility index (Phi) is 11.3. The number of benzene rings is 14. The molecule has 2 aliphatic carbocycles. The molecule has 0 amide bonds. The second-order valence-corrected chi connectivity index (χ2v) is 23.3. The maximum absolute atomic E-state index is 2.56. The van der Waals surface area contributed by atoms with E-state index in [1.165, 1.54) is 133 Å². The third kappa shape index (κ3) is 7.04. The van der Waals surface area contributed by atoms with Gasteiger partial charge in [0.1, 0.15) is 0 Å². The Labute approximate surface area is 492 Å². The quantitative estimate of drug-likeness (QED) is 0.126. The van der Waals surface area contributed by atoms with Crippen molar-refractivity contribution >= 4 is 66.4 Å². The summed E-state index contributed by atoms with van der Waals surface area (Å²) in [4.78, 5) is 5.12. The highest BCUT2D eigenvalue weighted by molar-refractivity contribution is 6.28. The minimum Gasteiger partial charge on any atom is -0.309 e. The van der Waals surface area contributed by atoms with E-state index in [0.717, 1.165) is 22.7 Å². The van der Waals surface area contributed by atoms with Crippen molar-refractivity contribution in [2.24, 2.45) is 0 Å². The lowest BCUT2D eigenvalue weighted by molar-refractivity contribution is 0.768. The molecule has 0 aliphatic heterocycles. The summed E-state index contributed by atoms with van der Waals surface area (Å²) in [5.74, 6) is 0. The van der Waals surface area contributed by atoms with E-state index < -0.39 is 10.8 Å². The minimum atomic E-state index is -0.551. The SMILES string of the molecule is Cc1cccc(C)c1N(c1cccc(C2(c3ccccc3)c3ccccc3-c3ccccc32)c1)c1ccc2ccc3c(N(c4cccc(C5(c6ccccc6)c6ccccc6-c6ccccc65)c4)c4c(C)cccc4C)ccc4ccc1c2c43. The van der Waals surface area contributed by atoms with Crippen molar-refractivity contribution in [2.75, 3.05) is 9.80 Å². The second kappa shape index (κ2) is 19.2. The molecule has 2 heteroatoms. The second-order valence-electron chi connectivity index (χ2n) is 23.3. The van der Waals surface area contributed by atoms with Crippen molar-refractivity contribution in [1.82, 2.24) is 0 Å². The maximum atomic E-state index is 2.56. The van der Waals surface area contributed by atoms with Crippen LogP contribution in [0.1, 0.15) is 66.8 Å². The molecule has 16 rings (SSSR count). The molecule has 0 radical (unpaired) electrons. The first-order chi connectivity index (χ1) is 41.3. The van der Waals surface area contributed by atoms with Gasteiger partial charge in [-0.2, -0.15) is 0 Å². The van der Waals surface area contributed by atoms with Gasteiger partial charge in [0.25, 0.3) is 0 Å². The molecule has 398 valence electrons. The van der Waals surface area contributed by atoms with Crippen molar-refractivity contribution in [2.45, 2.75) is 38.5 Å². The van der Waals surface area contributed by atoms with E-state index in [1.54, 1.807) is 0 Å². The summed E-state index contributed by atoms with van der Waals surface area (Å²) >= 11 is 0. The molecular formula is C82H60N2. The highest BCUT2D eigenvalue weighted by Crippen LogP contribution is 2.59. The minimum absolute atomic E-state index is 0.551. The van der Waals surface area contributed by atoms with E-state index in [0.29, 0.717) is 0 Å². The highest BCUT2D eigenvalue weighted by Gasteiger charge is 2.48. The third-order valence-corrected chi connectivity index (χ3v) is 18.8. The molecule has 0 saturated carbocycles. The third-order valence-electron chi connectivity index (χ3n) is 18.8. The molecule has 2 nitrogen and oxygen atoms in total. The van der Waals surface area contributed by atoms with Crippen molar-refractivity contribution in [1.29, 1.82) is 0 Å². The number of rotatable bonds is 10. The Balaban J connectivity index is 0.926. The lowest BCUT2D eigenvalue weighted by atomic mass is 9.67. The summed E-state index contributed by atoms with van der Waals surface area (Å²) in [7, 11) is 0. The molecule has 84 heavy (non-hydrogen) atoms. The molecular weight excluding hydrogens is 1010 g/mol. The zero-order chi connectivity index (χ0) is 56.3. The molecule has 0 unspecified atom stereocenters. The first-order valence-electron chi connectivity index (χ1n) is 29.5. The first kappa shape index (κ1) is 49.5. The molecule has 14 aromatic carbocycles. The van der Waals surface area contributed by atoms with Crippen LogP contribution in [0.5, 0.6) is 0 Å². The van der Waals surface area contributed by atoms with Gasteiger partial charge in [-0.05, 0) is 175 Å². The Morgan fingerprint density at radius 2 is 0.548 bits per heavy atom. The number of hydrogen-bond acceptors (Lipinski definition) is 2. The van der Waals surface area contributed by atoms with Crippen LogP contribution in [0.3, 0.4) is 0 Å². The summed E-state index contributed by atoms with van der Waals surface area (Å²) < 4.78 is 0. The van der Waals surface area contributed by atoms with Gasteiger partial charge in [-0.15, -0.1) is 0 Å². The molecule has 0 aromatic heterocycles. The van der Waals surface area contributed by atoms with Crippen LogP contribution in [-0.4, -0.2) is 0 Å². The molecule has 0 bridgehead atoms. The summed E-state index contributed by atoms with van der Waals surface area (Å²) in [5.41, 5.74) is 26.0. The number of nitrogens with zero attached hydrogens (tertiary/aromatic N) is 2. The van der Waals surface area contributed by atoms with Gasteiger partial charge in [-0.3, -0.25) is 0 Å². The van der Waals surface area contributed by atoms with E-state index in [2.05, 4.69) is 329 Å². The van der Waals surface area contributed by atoms with Gasteiger partial charge in [0.15, 0.2) is 0 Å². The largest absolute Gasteiger partial charge is 0.309 e. The van der Waals surface area contributed by atoms with Gasteiger partial charge in [-0.1, -0.05) is 255 Å². The van der Waals surface area contributed by atoms with E-state index in [1.807, 2.05) is 0 Å². The van der Waals surface area contributed by atoms with E-state index in [9.17, 15) is 0 Å². The lowest BCUT2D eigenvalue weighted by Gasteiger charge is -2.36. The van der Waals surface area contributed by atoms with Crippen LogP contribution >= 0.6 is 0 Å². The first-order valence-corrected chi connectivity index (χ1v) is 29.5. The fourth-order valence-corrected chi connectivity index (χ4v) is 15.4. The molecule has 0 saturated heterocycles. The summed E-state index contributed by atoms with van der Waals surface area (Å²) in [6.45, 7) is 9.05. The van der Waals surface area contributed by atoms with Crippen LogP contribution < -0.4 is 9.80 Å². The van der Waals surface area contributed by atoms with Crippen LogP contribution in [0.15, 0.2) is 291 Å². The van der Waals surface area contributed by atoms with Gasteiger partial charge in [0.05, 0.1) is 33.6 Å². The Bertz CT molecular complexity index is 4470. The van der Waals surface area contributed by atoms with E-state index >= 15 is 0 Å². The van der Waals surface area contributed by atoms with Crippen molar-refractivity contribution in [3.63, 3.8) is 0 Å². The van der Waals surface area contributed by atoms with E-state index in [-0.39, 0.29) is 0 Å². The van der Waals surface area contributed by atoms with Gasteiger partial charge >= 0.3 is 0 Å². The zero-order valence-electron chi connectivity index (χ0n) is 47.6. The number of hydrogen-bond donors (Lipinski definition) is 0. The van der Waals surface area contributed by atoms with Crippen LogP contribution in [-0.2, 0) is 10.8 Å². The number of fused-ring (bicyclic) bond motifs is 6. The van der Waals surface area contributed by atoms with Gasteiger partial charge in [0, 0.05) is 22.1 Å². The normalized spacial score (nSPS) is 13.4. The molecule has 0 atom stereocenters. The topological polar surface area (TPSA) is 6.48 Å². The van der Waals surface area contributed by atoms with E-state index in [4.69, 9.17) is 0 Å². The maximum Gasteiger partial charge on any atom is 0.0714 e. The smallest absolute Gasteiger partial charge is 0.0714 e. The average Bonchev–Trinajstić information content (AvgIpc) is 1.64. The van der Waals surface area contributed by atoms with Crippen molar-refractivity contribution < 1.29 is 0 Å². The Morgan fingerprint density at radius 3 is 0.905 bits per heavy atom. The standard InChI is InChI=1S/C82H60N2/c1-53-23-19-24-54(2)79(53)83(63-33-21-31-61(51-63)81(59-27-7-5-8-28-59)71-39-15-11-35-65(71)66-36-12-16-40-72(66)81)75-49-45-57-44-48-70-76(50-46-58-43-47-69(75)77(57)78(58)70)84(80-55(3)25-20-26-56(80)4)64-34-22-32-62(52-64)82(60-29-9-6-10-30-60)73-41-17-13-37-67(73)68-38-14-18-42-74(68)82/h5-52H,1-4H3. The number of aryl methyl sites for hydroxylation is 4. The number of anilines is 6. The summed E-state index contributed by atoms with van der Waals surface area (Å²) in [5, 5.41) is 7.35. The van der Waals surface area contributed by atoms with Crippen LogP contribution in [0, 0.1) is 27.7 Å². The van der Waals surface area contributed by atoms with Crippen LogP contribution in [0.25, 0.3) is 54.6 Å². The van der Waals surface area contributed by atoms with Crippen LogP contribution in [0.4, 0.5) is 34.1 Å². The predicted molar refractivity (Wildman–Crippen MR) is 353 cm³/mol. The molecule has 0 heterocycles. The van der Waals surface area contributed by atoms with Gasteiger partial charge < -0.3 is 9.80 Å². The number of para-hydroxylation sites is 2. The fourth-order valence-electron chi connectivity index (χ4n) is 15.4. The molecule has 0 spiro atoms. The fraction of sp³-hybridized carbons (Fsp3) is 0.0732. The molecule has 0 fully saturated rings. The molecule has 2 aliphatic rings. The average molecular weight is 1070 g/mol. The predicted octanol–water partition coefficient (Wildman–Crippen LogP) is 21.5. The van der Waals surface area contributed by atoms with Gasteiger partial charge in [0.2, 0.25) is 0 Å². The highest BCUT2D eigenvalue weighted by atomic mass is 15.2. The summed E-state index contributed by atoms with van der Waals surface area (Å²) in [6.07, 6.45) is 0.